The van der Waals surface area contributed by atoms with Gasteiger partial charge >= 0.3 is 0 Å². The van der Waals surface area contributed by atoms with Crippen molar-refractivity contribution in [3.8, 4) is 6.07 Å². The van der Waals surface area contributed by atoms with Gasteiger partial charge in [-0.25, -0.2) is 8.42 Å². The van der Waals surface area contributed by atoms with Crippen LogP contribution in [0.5, 0.6) is 0 Å². The third-order valence-electron chi connectivity index (χ3n) is 4.42. The second-order valence-corrected chi connectivity index (χ2v) is 8.35. The summed E-state index contributed by atoms with van der Waals surface area (Å²) in [6.45, 7) is 0. The van der Waals surface area contributed by atoms with E-state index in [1.165, 1.54) is 12.1 Å². The molecule has 1 aliphatic carbocycles. The number of anilines is 1. The fourth-order valence-electron chi connectivity index (χ4n) is 3.08. The standard InChI is InChI=1S/C19H18N2O3S/c20-13-14-5-3-6-15(11-14)19(22)21-16-7-4-10-18(12-16)25(23,24)17-8-1-2-9-17/h3-7,10-12,17H,1-2,8-9H2,(H,21,22). The Hall–Kier alpha value is -2.65. The molecule has 5 nitrogen and oxygen atoms in total. The van der Waals surface area contributed by atoms with Gasteiger partial charge in [0.05, 0.1) is 21.8 Å². The number of nitriles is 1. The molecule has 0 aliphatic heterocycles. The molecule has 0 radical (unpaired) electrons. The zero-order valence-electron chi connectivity index (χ0n) is 13.6. The van der Waals surface area contributed by atoms with Crippen LogP contribution in [0.3, 0.4) is 0 Å². The van der Waals surface area contributed by atoms with E-state index in [4.69, 9.17) is 5.26 Å². The Kier molecular flexibility index (Phi) is 4.86. The average Bonchev–Trinajstić information content (AvgIpc) is 3.17. The summed E-state index contributed by atoms with van der Waals surface area (Å²) in [7, 11) is -3.37. The minimum atomic E-state index is -3.37. The van der Waals surface area contributed by atoms with Crippen LogP contribution in [0, 0.1) is 11.3 Å². The van der Waals surface area contributed by atoms with Crippen LogP contribution >= 0.6 is 0 Å². The molecular weight excluding hydrogens is 336 g/mol. The van der Waals surface area contributed by atoms with Crippen molar-refractivity contribution in [1.29, 1.82) is 5.26 Å². The van der Waals surface area contributed by atoms with Crippen molar-refractivity contribution in [1.82, 2.24) is 0 Å². The Morgan fingerprint density at radius 3 is 2.52 bits per heavy atom. The van der Waals surface area contributed by atoms with E-state index in [0.29, 0.717) is 29.7 Å². The lowest BCUT2D eigenvalue weighted by atomic mass is 10.1. The fourth-order valence-corrected chi connectivity index (χ4v) is 4.97. The van der Waals surface area contributed by atoms with Gasteiger partial charge in [-0.2, -0.15) is 5.26 Å². The van der Waals surface area contributed by atoms with Gasteiger partial charge in [-0.3, -0.25) is 4.79 Å². The van der Waals surface area contributed by atoms with Crippen LogP contribution in [-0.2, 0) is 9.84 Å². The molecule has 1 saturated carbocycles. The number of hydrogen-bond donors (Lipinski definition) is 1. The molecule has 0 aromatic heterocycles. The summed E-state index contributed by atoms with van der Waals surface area (Å²) in [5, 5.41) is 11.3. The summed E-state index contributed by atoms with van der Waals surface area (Å²) < 4.78 is 25.4. The Bertz CT molecular complexity index is 939. The van der Waals surface area contributed by atoms with Gasteiger partial charge in [-0.1, -0.05) is 25.0 Å². The molecule has 25 heavy (non-hydrogen) atoms. The lowest BCUT2D eigenvalue weighted by Crippen LogP contribution is -2.18. The maximum absolute atomic E-state index is 12.7. The molecule has 6 heteroatoms. The quantitative estimate of drug-likeness (QED) is 0.910. The van der Waals surface area contributed by atoms with E-state index in [2.05, 4.69) is 5.32 Å². The van der Waals surface area contributed by atoms with Crippen molar-refractivity contribution in [2.24, 2.45) is 0 Å². The third kappa shape index (κ3) is 3.72. The molecule has 0 atom stereocenters. The molecule has 1 fully saturated rings. The summed E-state index contributed by atoms with van der Waals surface area (Å²) in [6.07, 6.45) is 3.27. The van der Waals surface area contributed by atoms with Crippen LogP contribution in [0.25, 0.3) is 0 Å². The van der Waals surface area contributed by atoms with E-state index >= 15 is 0 Å². The van der Waals surface area contributed by atoms with Crippen molar-refractivity contribution < 1.29 is 13.2 Å². The van der Waals surface area contributed by atoms with Crippen LogP contribution in [0.1, 0.15) is 41.6 Å². The molecule has 3 rings (SSSR count). The maximum Gasteiger partial charge on any atom is 0.255 e. The first-order valence-corrected chi connectivity index (χ1v) is 9.71. The van der Waals surface area contributed by atoms with Crippen molar-refractivity contribution in [3.05, 3.63) is 59.7 Å². The van der Waals surface area contributed by atoms with Gasteiger partial charge in [-0.05, 0) is 49.2 Å². The normalized spacial score (nSPS) is 14.8. The number of carbonyl (C=O) groups excluding carboxylic acids is 1. The molecule has 2 aromatic rings. The minimum absolute atomic E-state index is 0.239. The molecule has 0 saturated heterocycles. The van der Waals surface area contributed by atoms with Crippen LogP contribution < -0.4 is 5.32 Å². The van der Waals surface area contributed by atoms with Crippen LogP contribution in [0.4, 0.5) is 5.69 Å². The summed E-state index contributed by atoms with van der Waals surface area (Å²) in [4.78, 5) is 12.6. The lowest BCUT2D eigenvalue weighted by Gasteiger charge is -2.12. The van der Waals surface area contributed by atoms with Gasteiger partial charge in [0.1, 0.15) is 0 Å². The molecule has 1 aliphatic rings. The monoisotopic (exact) mass is 354 g/mol. The Labute approximate surface area is 147 Å². The van der Waals surface area contributed by atoms with Crippen molar-refractivity contribution in [3.63, 3.8) is 0 Å². The second kappa shape index (κ2) is 7.08. The zero-order chi connectivity index (χ0) is 17.9. The molecule has 0 unspecified atom stereocenters. The molecule has 1 N–H and O–H groups in total. The SMILES string of the molecule is N#Cc1cccc(C(=O)Nc2cccc(S(=O)(=O)C3CCCC3)c2)c1. The number of sulfone groups is 1. The molecule has 0 spiro atoms. The van der Waals surface area contributed by atoms with Crippen LogP contribution in [0.15, 0.2) is 53.4 Å². The predicted molar refractivity (Wildman–Crippen MR) is 95.0 cm³/mol. The van der Waals surface area contributed by atoms with Crippen molar-refractivity contribution in [2.45, 2.75) is 35.8 Å². The molecule has 0 bridgehead atoms. The minimum Gasteiger partial charge on any atom is -0.322 e. The molecule has 1 amide bonds. The van der Waals surface area contributed by atoms with Crippen molar-refractivity contribution in [2.75, 3.05) is 5.32 Å². The Morgan fingerprint density at radius 2 is 1.80 bits per heavy atom. The summed E-state index contributed by atoms with van der Waals surface area (Å²) in [5.41, 5.74) is 1.17. The molecule has 2 aromatic carbocycles. The van der Waals surface area contributed by atoms with Gasteiger partial charge in [0.2, 0.25) is 0 Å². The van der Waals surface area contributed by atoms with Gasteiger partial charge in [0, 0.05) is 11.3 Å². The van der Waals surface area contributed by atoms with E-state index in [1.807, 2.05) is 6.07 Å². The largest absolute Gasteiger partial charge is 0.322 e. The molecule has 0 heterocycles. The van der Waals surface area contributed by atoms with Crippen LogP contribution in [0.2, 0.25) is 0 Å². The van der Waals surface area contributed by atoms with Crippen LogP contribution in [-0.4, -0.2) is 19.6 Å². The number of amides is 1. The average molecular weight is 354 g/mol. The van der Waals surface area contributed by atoms with Gasteiger partial charge < -0.3 is 5.32 Å². The number of carbonyl (C=O) groups is 1. The highest BCUT2D eigenvalue weighted by Crippen LogP contribution is 2.30. The van der Waals surface area contributed by atoms with E-state index in [9.17, 15) is 13.2 Å². The maximum atomic E-state index is 12.7. The number of hydrogen-bond acceptors (Lipinski definition) is 4. The number of nitrogens with zero attached hydrogens (tertiary/aromatic N) is 1. The topological polar surface area (TPSA) is 87.0 Å². The first kappa shape index (κ1) is 17.2. The van der Waals surface area contributed by atoms with E-state index in [1.54, 1.807) is 36.4 Å². The number of nitrogens with one attached hydrogen (secondary N) is 1. The Balaban J connectivity index is 1.82. The summed E-state index contributed by atoms with van der Waals surface area (Å²) in [6, 6.07) is 14.7. The third-order valence-corrected chi connectivity index (χ3v) is 6.68. The summed E-state index contributed by atoms with van der Waals surface area (Å²) in [5.74, 6) is -0.382. The van der Waals surface area contributed by atoms with Gasteiger partial charge in [-0.15, -0.1) is 0 Å². The number of rotatable bonds is 4. The highest BCUT2D eigenvalue weighted by Gasteiger charge is 2.30. The van der Waals surface area contributed by atoms with Gasteiger partial charge in [0.15, 0.2) is 9.84 Å². The first-order valence-electron chi connectivity index (χ1n) is 8.16. The predicted octanol–water partition coefficient (Wildman–Crippen LogP) is 3.53. The van der Waals surface area contributed by atoms with E-state index in [-0.39, 0.29) is 16.1 Å². The summed E-state index contributed by atoms with van der Waals surface area (Å²) >= 11 is 0. The zero-order valence-corrected chi connectivity index (χ0v) is 14.4. The second-order valence-electron chi connectivity index (χ2n) is 6.13. The first-order chi connectivity index (χ1) is 12.0. The van der Waals surface area contributed by atoms with E-state index < -0.39 is 9.84 Å². The number of benzene rings is 2. The van der Waals surface area contributed by atoms with E-state index in [0.717, 1.165) is 12.8 Å². The lowest BCUT2D eigenvalue weighted by molar-refractivity contribution is 0.102. The smallest absolute Gasteiger partial charge is 0.255 e. The highest BCUT2D eigenvalue weighted by molar-refractivity contribution is 7.92. The fraction of sp³-hybridized carbons (Fsp3) is 0.263. The molecule has 128 valence electrons. The van der Waals surface area contributed by atoms with Crippen molar-refractivity contribution >= 4 is 21.4 Å². The Morgan fingerprint density at radius 1 is 1.08 bits per heavy atom. The van der Waals surface area contributed by atoms with Gasteiger partial charge in [0.25, 0.3) is 5.91 Å². The highest BCUT2D eigenvalue weighted by atomic mass is 32.2. The molecular formula is C19H18N2O3S.